The Kier molecular flexibility index (Phi) is 8.47. The van der Waals surface area contributed by atoms with E-state index in [0.717, 1.165) is 22.2 Å². The molecule has 0 radical (unpaired) electrons. The molecular weight excluding hydrogens is 482 g/mol. The summed E-state index contributed by atoms with van der Waals surface area (Å²) in [6.07, 6.45) is -0.582. The lowest BCUT2D eigenvalue weighted by molar-refractivity contribution is -0.150. The smallest absolute Gasteiger partial charge is 0.408 e. The normalized spacial score (nSPS) is 19.7. The summed E-state index contributed by atoms with van der Waals surface area (Å²) >= 11 is 1.16. The monoisotopic (exact) mass is 505 g/mol. The van der Waals surface area contributed by atoms with Gasteiger partial charge in [-0.25, -0.2) is 14.4 Å². The van der Waals surface area contributed by atoms with E-state index in [1.54, 1.807) is 30.3 Å². The molecule has 1 saturated heterocycles. The van der Waals surface area contributed by atoms with Gasteiger partial charge >= 0.3 is 18.0 Å². The third kappa shape index (κ3) is 6.18. The number of aliphatic carboxylic acids is 2. The average Bonchev–Trinajstić information content (AvgIpc) is 2.84. The minimum Gasteiger partial charge on any atom is -0.480 e. The first-order valence-electron chi connectivity index (χ1n) is 10.6. The highest BCUT2D eigenvalue weighted by atomic mass is 32.2. The molecule has 1 fully saturated rings. The molecule has 3 amide bonds. The Hall–Kier alpha value is -3.87. The Morgan fingerprint density at radius 2 is 1.91 bits per heavy atom. The van der Waals surface area contributed by atoms with Gasteiger partial charge in [0.15, 0.2) is 0 Å². The fraction of sp³-hybridized carbons (Fsp3) is 0.364. The van der Waals surface area contributed by atoms with Crippen LogP contribution in [0.25, 0.3) is 0 Å². The van der Waals surface area contributed by atoms with E-state index < -0.39 is 47.3 Å². The summed E-state index contributed by atoms with van der Waals surface area (Å²) in [6.45, 7) is -0.0276. The van der Waals surface area contributed by atoms with Crippen LogP contribution in [0.2, 0.25) is 0 Å². The van der Waals surface area contributed by atoms with E-state index in [0.29, 0.717) is 6.29 Å². The maximum Gasteiger partial charge on any atom is 0.408 e. The van der Waals surface area contributed by atoms with Gasteiger partial charge in [-0.15, -0.1) is 11.8 Å². The van der Waals surface area contributed by atoms with Gasteiger partial charge in [-0.05, 0) is 18.4 Å². The van der Waals surface area contributed by atoms with Gasteiger partial charge < -0.3 is 25.6 Å². The predicted octanol–water partition coefficient (Wildman–Crippen LogP) is 0.474. The van der Waals surface area contributed by atoms with Crippen molar-refractivity contribution in [3.8, 4) is 0 Å². The Balaban J connectivity index is 1.44. The number of amides is 3. The molecule has 0 aliphatic carbocycles. The SMILES string of the molecule is O=CC1=C(C(=O)O)N2C(=O)C(NC(=O)CCCC(NC(=O)OCc3ccccc3)C(=O)O)[C@H]2SC1. The summed E-state index contributed by atoms with van der Waals surface area (Å²) in [6, 6.07) is 6.62. The molecule has 4 N–H and O–H groups in total. The largest absolute Gasteiger partial charge is 0.480 e. The highest BCUT2D eigenvalue weighted by Crippen LogP contribution is 2.39. The number of benzene rings is 1. The number of hydrogen-bond donors (Lipinski definition) is 4. The average molecular weight is 506 g/mol. The number of β-lactam (4-membered cyclic amide) rings is 1. The molecule has 0 aromatic heterocycles. The van der Waals surface area contributed by atoms with Gasteiger partial charge in [-0.1, -0.05) is 30.3 Å². The van der Waals surface area contributed by atoms with Gasteiger partial charge in [0.2, 0.25) is 5.91 Å². The van der Waals surface area contributed by atoms with Crippen molar-refractivity contribution in [3.63, 3.8) is 0 Å². The fourth-order valence-corrected chi connectivity index (χ4v) is 4.90. The van der Waals surface area contributed by atoms with Crippen molar-refractivity contribution in [2.75, 3.05) is 5.75 Å². The number of carbonyl (C=O) groups is 6. The number of hydrogen-bond acceptors (Lipinski definition) is 8. The van der Waals surface area contributed by atoms with Gasteiger partial charge in [0.25, 0.3) is 5.91 Å². The molecule has 2 unspecified atom stereocenters. The van der Waals surface area contributed by atoms with Crippen LogP contribution in [0.15, 0.2) is 41.6 Å². The van der Waals surface area contributed by atoms with E-state index in [1.807, 2.05) is 0 Å². The molecule has 186 valence electrons. The van der Waals surface area contributed by atoms with Crippen LogP contribution < -0.4 is 10.6 Å². The molecule has 2 aliphatic heterocycles. The lowest BCUT2D eigenvalue weighted by Gasteiger charge is -2.49. The molecular formula is C22H23N3O9S. The van der Waals surface area contributed by atoms with Crippen molar-refractivity contribution in [1.82, 2.24) is 15.5 Å². The Bertz CT molecular complexity index is 1060. The first kappa shape index (κ1) is 25.7. The van der Waals surface area contributed by atoms with E-state index in [9.17, 15) is 39.0 Å². The number of fused-ring (bicyclic) bond motifs is 1. The van der Waals surface area contributed by atoms with Crippen molar-refractivity contribution in [1.29, 1.82) is 0 Å². The van der Waals surface area contributed by atoms with Crippen LogP contribution in [0.3, 0.4) is 0 Å². The zero-order chi connectivity index (χ0) is 25.5. The quantitative estimate of drug-likeness (QED) is 0.244. The minimum atomic E-state index is -1.40. The van der Waals surface area contributed by atoms with Crippen LogP contribution in [0.4, 0.5) is 4.79 Å². The highest BCUT2D eigenvalue weighted by Gasteiger charge is 2.54. The van der Waals surface area contributed by atoms with Crippen LogP contribution in [-0.2, 0) is 35.3 Å². The third-order valence-corrected chi connectivity index (χ3v) is 6.66. The van der Waals surface area contributed by atoms with Crippen molar-refractivity contribution in [2.24, 2.45) is 0 Å². The summed E-state index contributed by atoms with van der Waals surface area (Å²) < 4.78 is 5.01. The second kappa shape index (κ2) is 11.5. The summed E-state index contributed by atoms with van der Waals surface area (Å²) in [5.74, 6) is -3.76. The molecule has 0 saturated carbocycles. The van der Waals surface area contributed by atoms with Crippen LogP contribution in [0.5, 0.6) is 0 Å². The molecule has 1 aromatic carbocycles. The number of alkyl carbamates (subject to hydrolysis) is 1. The summed E-state index contributed by atoms with van der Waals surface area (Å²) in [5, 5.41) is 22.8. The number of rotatable bonds is 11. The number of carboxylic acids is 2. The Morgan fingerprint density at radius 3 is 2.54 bits per heavy atom. The van der Waals surface area contributed by atoms with E-state index in [-0.39, 0.29) is 42.9 Å². The van der Waals surface area contributed by atoms with E-state index in [4.69, 9.17) is 4.74 Å². The van der Waals surface area contributed by atoms with Crippen LogP contribution in [0.1, 0.15) is 24.8 Å². The molecule has 0 spiro atoms. The Morgan fingerprint density at radius 1 is 1.20 bits per heavy atom. The molecule has 3 atom stereocenters. The van der Waals surface area contributed by atoms with Gasteiger partial charge in [0, 0.05) is 17.7 Å². The second-order valence-corrected chi connectivity index (χ2v) is 8.85. The number of nitrogens with zero attached hydrogens (tertiary/aromatic N) is 1. The zero-order valence-electron chi connectivity index (χ0n) is 18.3. The van der Waals surface area contributed by atoms with Crippen LogP contribution in [0, 0.1) is 0 Å². The van der Waals surface area contributed by atoms with Crippen LogP contribution >= 0.6 is 11.8 Å². The van der Waals surface area contributed by atoms with E-state index >= 15 is 0 Å². The van der Waals surface area contributed by atoms with Crippen molar-refractivity contribution in [3.05, 3.63) is 47.2 Å². The number of nitrogens with one attached hydrogen (secondary N) is 2. The highest BCUT2D eigenvalue weighted by molar-refractivity contribution is 8.00. The number of aldehydes is 1. The fourth-order valence-electron chi connectivity index (χ4n) is 3.61. The van der Waals surface area contributed by atoms with Crippen molar-refractivity contribution in [2.45, 2.75) is 43.3 Å². The molecule has 12 nitrogen and oxygen atoms in total. The van der Waals surface area contributed by atoms with Gasteiger partial charge in [-0.2, -0.15) is 0 Å². The second-order valence-electron chi connectivity index (χ2n) is 7.74. The Labute approximate surface area is 203 Å². The first-order valence-corrected chi connectivity index (χ1v) is 11.6. The summed E-state index contributed by atoms with van der Waals surface area (Å²) in [4.78, 5) is 71.6. The molecule has 13 heteroatoms. The zero-order valence-corrected chi connectivity index (χ0v) is 19.2. The van der Waals surface area contributed by atoms with Crippen LogP contribution in [-0.4, -0.2) is 74.5 Å². The number of carboxylic acid groups (broad SMARTS) is 2. The number of thioether (sulfide) groups is 1. The van der Waals surface area contributed by atoms with Crippen molar-refractivity contribution < 1.29 is 43.7 Å². The molecule has 0 bridgehead atoms. The standard InChI is InChI=1S/C22H23N3O9S/c26-9-13-11-35-19-16(18(28)25(19)17(13)21(31)32)24-15(27)8-4-7-14(20(29)30)23-22(33)34-10-12-5-2-1-3-6-12/h1-3,5-6,9,14,16,19H,4,7-8,10-11H2,(H,23,33)(H,24,27)(H,29,30)(H,31,32)/t14?,16?,19-/m1/s1. The lowest BCUT2D eigenvalue weighted by Crippen LogP contribution is -2.70. The topological polar surface area (TPSA) is 179 Å². The minimum absolute atomic E-state index is 0.00798. The van der Waals surface area contributed by atoms with Crippen molar-refractivity contribution >= 4 is 47.9 Å². The summed E-state index contributed by atoms with van der Waals surface area (Å²) in [5.41, 5.74) is 0.347. The van der Waals surface area contributed by atoms with Gasteiger partial charge in [0.05, 0.1) is 0 Å². The maximum atomic E-state index is 12.4. The first-order chi connectivity index (χ1) is 16.7. The number of ether oxygens (including phenoxy) is 1. The molecule has 2 heterocycles. The maximum absolute atomic E-state index is 12.4. The van der Waals surface area contributed by atoms with E-state index in [2.05, 4.69) is 10.6 Å². The number of carbonyl (C=O) groups excluding carboxylic acids is 4. The molecule has 35 heavy (non-hydrogen) atoms. The molecule has 3 rings (SSSR count). The van der Waals surface area contributed by atoms with Gasteiger partial charge in [-0.3, -0.25) is 19.3 Å². The summed E-state index contributed by atoms with van der Waals surface area (Å²) in [7, 11) is 0. The lowest BCUT2D eigenvalue weighted by atomic mass is 10.0. The molecule has 1 aromatic rings. The van der Waals surface area contributed by atoms with Gasteiger partial charge in [0.1, 0.15) is 36.0 Å². The third-order valence-electron chi connectivity index (χ3n) is 5.36. The molecule has 2 aliphatic rings. The van der Waals surface area contributed by atoms with E-state index in [1.165, 1.54) is 0 Å². The predicted molar refractivity (Wildman–Crippen MR) is 121 cm³/mol.